The number of aryl methyl sites for hydroxylation is 1. The summed E-state index contributed by atoms with van der Waals surface area (Å²) in [4.78, 5) is 23.8. The molecule has 1 aromatic carbocycles. The Balaban J connectivity index is 1.38. The molecule has 1 fully saturated rings. The van der Waals surface area contributed by atoms with Crippen LogP contribution in [-0.4, -0.2) is 45.5 Å². The summed E-state index contributed by atoms with van der Waals surface area (Å²) in [6, 6.07) is 9.38. The van der Waals surface area contributed by atoms with Gasteiger partial charge in [0.15, 0.2) is 5.65 Å². The summed E-state index contributed by atoms with van der Waals surface area (Å²) >= 11 is 6.17. The minimum atomic E-state index is 0.135. The van der Waals surface area contributed by atoms with Gasteiger partial charge in [-0.1, -0.05) is 17.7 Å². The molecular weight excluding hydrogens is 376 g/mol. The molecule has 0 aliphatic carbocycles. The number of pyridine rings is 1. The number of carbonyl (C=O) groups excluding carboxylic acids is 1. The van der Waals surface area contributed by atoms with E-state index < -0.39 is 0 Å². The van der Waals surface area contributed by atoms with Gasteiger partial charge in [-0.05, 0) is 42.2 Å². The molecule has 1 amide bonds. The molecule has 0 N–H and O–H groups in total. The number of fused-ring (bicyclic) bond motifs is 1. The maximum atomic E-state index is 12.7. The number of aromatic nitrogens is 3. The number of halogens is 1. The molecule has 28 heavy (non-hydrogen) atoms. The monoisotopic (exact) mass is 398 g/mol. The fourth-order valence-electron chi connectivity index (χ4n) is 3.84. The topological polar surface area (TPSA) is 60.2 Å². The minimum absolute atomic E-state index is 0.135. The van der Waals surface area contributed by atoms with Crippen molar-refractivity contribution in [3.8, 4) is 5.75 Å². The lowest BCUT2D eigenvalue weighted by molar-refractivity contribution is -0.129. The number of imidazole rings is 1. The van der Waals surface area contributed by atoms with E-state index in [0.717, 1.165) is 48.5 Å². The first kappa shape index (κ1) is 18.7. The second-order valence-electron chi connectivity index (χ2n) is 7.28. The van der Waals surface area contributed by atoms with Crippen LogP contribution in [0, 0.1) is 5.92 Å². The third-order valence-corrected chi connectivity index (χ3v) is 5.70. The first-order chi connectivity index (χ1) is 13.5. The molecule has 7 heteroatoms. The Kier molecular flexibility index (Phi) is 5.22. The van der Waals surface area contributed by atoms with Crippen LogP contribution >= 0.6 is 11.6 Å². The molecule has 2 aromatic heterocycles. The van der Waals surface area contributed by atoms with Crippen LogP contribution in [0.4, 0.5) is 0 Å². The van der Waals surface area contributed by atoms with Crippen molar-refractivity contribution in [3.63, 3.8) is 0 Å². The largest absolute Gasteiger partial charge is 0.495 e. The van der Waals surface area contributed by atoms with Crippen LogP contribution in [0.15, 0.2) is 36.5 Å². The van der Waals surface area contributed by atoms with Crippen molar-refractivity contribution < 1.29 is 9.53 Å². The van der Waals surface area contributed by atoms with Crippen molar-refractivity contribution >= 4 is 28.7 Å². The summed E-state index contributed by atoms with van der Waals surface area (Å²) in [6.45, 7) is 1.55. The third kappa shape index (κ3) is 3.69. The number of amides is 1. The molecule has 0 spiro atoms. The van der Waals surface area contributed by atoms with E-state index in [-0.39, 0.29) is 5.91 Å². The first-order valence-electron chi connectivity index (χ1n) is 9.41. The van der Waals surface area contributed by atoms with Crippen LogP contribution in [0.2, 0.25) is 5.02 Å². The number of hydrogen-bond donors (Lipinski definition) is 0. The zero-order chi connectivity index (χ0) is 19.7. The lowest BCUT2D eigenvalue weighted by Crippen LogP contribution is -2.30. The average molecular weight is 399 g/mol. The van der Waals surface area contributed by atoms with Crippen LogP contribution in [0.5, 0.6) is 5.75 Å². The van der Waals surface area contributed by atoms with Gasteiger partial charge in [0.05, 0.1) is 18.6 Å². The Hall–Kier alpha value is -2.60. The van der Waals surface area contributed by atoms with Crippen LogP contribution in [-0.2, 0) is 24.7 Å². The fraction of sp³-hybridized carbons (Fsp3) is 0.381. The summed E-state index contributed by atoms with van der Waals surface area (Å²) in [5.74, 6) is 2.19. The summed E-state index contributed by atoms with van der Waals surface area (Å²) in [5.41, 5.74) is 2.72. The first-order valence-corrected chi connectivity index (χ1v) is 9.79. The second kappa shape index (κ2) is 7.80. The maximum Gasteiger partial charge on any atom is 0.226 e. The van der Waals surface area contributed by atoms with E-state index >= 15 is 0 Å². The number of carbonyl (C=O) groups is 1. The Morgan fingerprint density at radius 3 is 2.96 bits per heavy atom. The van der Waals surface area contributed by atoms with Crippen molar-refractivity contribution in [2.24, 2.45) is 13.0 Å². The zero-order valence-electron chi connectivity index (χ0n) is 16.1. The van der Waals surface area contributed by atoms with Gasteiger partial charge in [-0.2, -0.15) is 0 Å². The van der Waals surface area contributed by atoms with Gasteiger partial charge in [0, 0.05) is 32.8 Å². The van der Waals surface area contributed by atoms with E-state index in [4.69, 9.17) is 21.3 Å². The normalized spacial score (nSPS) is 16.7. The summed E-state index contributed by atoms with van der Waals surface area (Å²) in [5, 5.41) is 0.530. The van der Waals surface area contributed by atoms with Gasteiger partial charge in [-0.3, -0.25) is 4.79 Å². The Morgan fingerprint density at radius 1 is 1.36 bits per heavy atom. The molecule has 3 aromatic rings. The Labute approximate surface area is 169 Å². The van der Waals surface area contributed by atoms with Gasteiger partial charge in [0.2, 0.25) is 5.91 Å². The fourth-order valence-corrected chi connectivity index (χ4v) is 4.12. The van der Waals surface area contributed by atoms with Gasteiger partial charge in [0.25, 0.3) is 0 Å². The molecule has 1 atom stereocenters. The van der Waals surface area contributed by atoms with Crippen molar-refractivity contribution in [3.05, 3.63) is 52.9 Å². The molecule has 0 saturated carbocycles. The summed E-state index contributed by atoms with van der Waals surface area (Å²) < 4.78 is 7.22. The number of methoxy groups -OCH3 is 1. The lowest BCUT2D eigenvalue weighted by atomic mass is 10.0. The highest BCUT2D eigenvalue weighted by atomic mass is 35.5. The van der Waals surface area contributed by atoms with Crippen molar-refractivity contribution in [2.45, 2.75) is 19.3 Å². The van der Waals surface area contributed by atoms with E-state index in [1.807, 2.05) is 30.1 Å². The molecule has 0 radical (unpaired) electrons. The minimum Gasteiger partial charge on any atom is -0.495 e. The molecule has 146 valence electrons. The van der Waals surface area contributed by atoms with Gasteiger partial charge < -0.3 is 14.2 Å². The molecule has 1 aliphatic rings. The van der Waals surface area contributed by atoms with Gasteiger partial charge in [-0.25, -0.2) is 9.97 Å². The Morgan fingerprint density at radius 2 is 2.21 bits per heavy atom. The average Bonchev–Trinajstić information content (AvgIpc) is 3.28. The molecule has 1 unspecified atom stereocenters. The lowest BCUT2D eigenvalue weighted by Gasteiger charge is -2.17. The number of benzene rings is 1. The van der Waals surface area contributed by atoms with E-state index in [1.54, 1.807) is 25.4 Å². The molecule has 1 saturated heterocycles. The SMILES string of the molecule is COc1ccc(CC(=O)N2CCC(Cc3nc4cccnc4n3C)C2)cc1Cl. The Bertz CT molecular complexity index is 1020. The van der Waals surface area contributed by atoms with Crippen LogP contribution in [0.25, 0.3) is 11.2 Å². The molecule has 1 aliphatic heterocycles. The predicted molar refractivity (Wildman–Crippen MR) is 109 cm³/mol. The van der Waals surface area contributed by atoms with Crippen molar-refractivity contribution in [2.75, 3.05) is 20.2 Å². The highest BCUT2D eigenvalue weighted by molar-refractivity contribution is 6.32. The zero-order valence-corrected chi connectivity index (χ0v) is 16.8. The van der Waals surface area contributed by atoms with E-state index in [9.17, 15) is 4.79 Å². The van der Waals surface area contributed by atoms with Crippen molar-refractivity contribution in [1.82, 2.24) is 19.4 Å². The van der Waals surface area contributed by atoms with E-state index in [1.165, 1.54) is 0 Å². The van der Waals surface area contributed by atoms with Gasteiger partial charge in [-0.15, -0.1) is 0 Å². The quantitative estimate of drug-likeness (QED) is 0.661. The number of ether oxygens (including phenoxy) is 1. The molecule has 3 heterocycles. The van der Waals surface area contributed by atoms with Gasteiger partial charge in [0.1, 0.15) is 17.1 Å². The summed E-state index contributed by atoms with van der Waals surface area (Å²) in [7, 11) is 3.58. The third-order valence-electron chi connectivity index (χ3n) is 5.40. The van der Waals surface area contributed by atoms with Gasteiger partial charge >= 0.3 is 0 Å². The number of nitrogens with zero attached hydrogens (tertiary/aromatic N) is 4. The molecule has 0 bridgehead atoms. The highest BCUT2D eigenvalue weighted by Crippen LogP contribution is 2.26. The van der Waals surface area contributed by atoms with Crippen molar-refractivity contribution in [1.29, 1.82) is 0 Å². The number of rotatable bonds is 5. The number of likely N-dealkylation sites (tertiary alicyclic amines) is 1. The smallest absolute Gasteiger partial charge is 0.226 e. The van der Waals surface area contributed by atoms with E-state index in [2.05, 4.69) is 9.55 Å². The van der Waals surface area contributed by atoms with Crippen LogP contribution in [0.1, 0.15) is 17.8 Å². The molecule has 4 rings (SSSR count). The maximum absolute atomic E-state index is 12.7. The molecule has 6 nitrogen and oxygen atoms in total. The molecular formula is C21H23ClN4O2. The number of hydrogen-bond acceptors (Lipinski definition) is 4. The standard InChI is InChI=1S/C21H23ClN4O2/c1-25-19(24-17-4-3-8-23-21(17)25)11-15-7-9-26(13-15)20(27)12-14-5-6-18(28-2)16(22)10-14/h3-6,8,10,15H,7,9,11-13H2,1-2H3. The second-order valence-corrected chi connectivity index (χ2v) is 7.68. The van der Waals surface area contributed by atoms with Crippen LogP contribution in [0.3, 0.4) is 0 Å². The van der Waals surface area contributed by atoms with Crippen LogP contribution < -0.4 is 4.74 Å². The predicted octanol–water partition coefficient (Wildman–Crippen LogP) is 3.26. The highest BCUT2D eigenvalue weighted by Gasteiger charge is 2.27. The van der Waals surface area contributed by atoms with E-state index in [0.29, 0.717) is 23.1 Å². The summed E-state index contributed by atoms with van der Waals surface area (Å²) in [6.07, 6.45) is 3.98.